The van der Waals surface area contributed by atoms with Crippen LogP contribution in [0.2, 0.25) is 10.3 Å². The van der Waals surface area contributed by atoms with E-state index < -0.39 is 11.7 Å². The highest BCUT2D eigenvalue weighted by Crippen LogP contribution is 2.42. The molecule has 0 saturated heterocycles. The molecule has 20 heavy (non-hydrogen) atoms. The van der Waals surface area contributed by atoms with Crippen LogP contribution in [0.15, 0.2) is 18.2 Å². The minimum Gasteiger partial charge on any atom is -0.268 e. The van der Waals surface area contributed by atoms with Crippen LogP contribution >= 0.6 is 23.2 Å². The molecule has 1 saturated carbocycles. The van der Waals surface area contributed by atoms with Gasteiger partial charge in [-0.2, -0.15) is 13.2 Å². The molecule has 1 aromatic heterocycles. The summed E-state index contributed by atoms with van der Waals surface area (Å²) in [6.45, 7) is 0. The number of halogens is 5. The van der Waals surface area contributed by atoms with Crippen LogP contribution < -0.4 is 0 Å². The molecule has 8 heteroatoms. The van der Waals surface area contributed by atoms with Crippen molar-refractivity contribution >= 4 is 23.2 Å². The first-order valence-electron chi connectivity index (χ1n) is 5.86. The number of rotatable bonds is 2. The average Bonchev–Trinajstić information content (AvgIpc) is 3.13. The Balaban J connectivity index is 2.09. The number of nitrogens with zero attached hydrogens (tertiary/aromatic N) is 3. The minimum atomic E-state index is -4.43. The summed E-state index contributed by atoms with van der Waals surface area (Å²) in [5, 5.41) is 7.78. The molecule has 106 valence electrons. The van der Waals surface area contributed by atoms with Crippen molar-refractivity contribution in [3.8, 4) is 5.69 Å². The minimum absolute atomic E-state index is 0.0385. The number of hydrogen-bond acceptors (Lipinski definition) is 2. The second-order valence-electron chi connectivity index (χ2n) is 4.60. The summed E-state index contributed by atoms with van der Waals surface area (Å²) < 4.78 is 39.4. The Morgan fingerprint density at radius 3 is 2.40 bits per heavy atom. The molecule has 1 aliphatic rings. The Bertz CT molecular complexity index is 662. The van der Waals surface area contributed by atoms with Crippen molar-refractivity contribution in [1.82, 2.24) is 14.8 Å². The fourth-order valence-corrected chi connectivity index (χ4v) is 2.45. The fourth-order valence-electron chi connectivity index (χ4n) is 1.97. The standard InChI is InChI=1S/C12H8Cl2F3N3/c13-8-5-7(12(15,16)17)3-4-9(8)20-10(6-1-2-6)18-19-11(20)14/h3-6H,1-2H2. The molecule has 2 aromatic rings. The molecule has 1 fully saturated rings. The summed E-state index contributed by atoms with van der Waals surface area (Å²) in [5.74, 6) is 0.880. The second kappa shape index (κ2) is 4.63. The summed E-state index contributed by atoms with van der Waals surface area (Å²) >= 11 is 11.9. The first-order chi connectivity index (χ1) is 9.38. The molecule has 3 nitrogen and oxygen atoms in total. The van der Waals surface area contributed by atoms with E-state index in [0.717, 1.165) is 25.0 Å². The highest BCUT2D eigenvalue weighted by atomic mass is 35.5. The third-order valence-electron chi connectivity index (χ3n) is 3.11. The highest BCUT2D eigenvalue weighted by Gasteiger charge is 2.33. The molecule has 1 aromatic carbocycles. The van der Waals surface area contributed by atoms with E-state index >= 15 is 0 Å². The van der Waals surface area contributed by atoms with E-state index in [2.05, 4.69) is 10.2 Å². The maximum atomic E-state index is 12.6. The van der Waals surface area contributed by atoms with Gasteiger partial charge in [0, 0.05) is 5.92 Å². The van der Waals surface area contributed by atoms with E-state index in [0.29, 0.717) is 11.5 Å². The molecule has 0 radical (unpaired) electrons. The van der Waals surface area contributed by atoms with Crippen LogP contribution in [0, 0.1) is 0 Å². The van der Waals surface area contributed by atoms with E-state index in [-0.39, 0.29) is 16.2 Å². The average molecular weight is 322 g/mol. The lowest BCUT2D eigenvalue weighted by Crippen LogP contribution is -2.07. The predicted octanol–water partition coefficient (Wildman–Crippen LogP) is 4.47. The Morgan fingerprint density at radius 2 is 1.85 bits per heavy atom. The van der Waals surface area contributed by atoms with Crippen molar-refractivity contribution in [2.24, 2.45) is 0 Å². The molecule has 0 spiro atoms. The lowest BCUT2D eigenvalue weighted by atomic mass is 10.2. The Hall–Kier alpha value is -1.27. The first-order valence-corrected chi connectivity index (χ1v) is 6.61. The molecule has 3 rings (SSSR count). The van der Waals surface area contributed by atoms with Crippen LogP contribution in [0.3, 0.4) is 0 Å². The van der Waals surface area contributed by atoms with Crippen LogP contribution in [-0.2, 0) is 6.18 Å². The van der Waals surface area contributed by atoms with Crippen molar-refractivity contribution < 1.29 is 13.2 Å². The van der Waals surface area contributed by atoms with Gasteiger partial charge in [0.1, 0.15) is 5.82 Å². The van der Waals surface area contributed by atoms with Gasteiger partial charge in [-0.25, -0.2) is 0 Å². The highest BCUT2D eigenvalue weighted by molar-refractivity contribution is 6.33. The zero-order valence-corrected chi connectivity index (χ0v) is 11.5. The van der Waals surface area contributed by atoms with Crippen LogP contribution in [-0.4, -0.2) is 14.8 Å². The van der Waals surface area contributed by atoms with E-state index in [9.17, 15) is 13.2 Å². The van der Waals surface area contributed by atoms with Crippen molar-refractivity contribution in [3.63, 3.8) is 0 Å². The third-order valence-corrected chi connectivity index (χ3v) is 3.65. The van der Waals surface area contributed by atoms with Gasteiger partial charge in [0.05, 0.1) is 16.3 Å². The molecule has 0 bridgehead atoms. The lowest BCUT2D eigenvalue weighted by molar-refractivity contribution is -0.137. The summed E-state index contributed by atoms with van der Waals surface area (Å²) in [4.78, 5) is 0. The van der Waals surface area contributed by atoms with Gasteiger partial charge in [0.25, 0.3) is 0 Å². The smallest absolute Gasteiger partial charge is 0.268 e. The predicted molar refractivity (Wildman–Crippen MR) is 68.4 cm³/mol. The topological polar surface area (TPSA) is 30.7 Å². The zero-order valence-electron chi connectivity index (χ0n) is 9.96. The number of alkyl halides is 3. The number of benzene rings is 1. The normalized spacial score (nSPS) is 15.7. The lowest BCUT2D eigenvalue weighted by Gasteiger charge is -2.12. The van der Waals surface area contributed by atoms with Gasteiger partial charge in [-0.1, -0.05) is 11.6 Å². The summed E-state index contributed by atoms with van der Waals surface area (Å²) in [6, 6.07) is 3.13. The maximum Gasteiger partial charge on any atom is 0.416 e. The summed E-state index contributed by atoms with van der Waals surface area (Å²) in [5.41, 5.74) is -0.444. The van der Waals surface area contributed by atoms with Gasteiger partial charge in [0.2, 0.25) is 5.28 Å². The molecule has 0 N–H and O–H groups in total. The van der Waals surface area contributed by atoms with Gasteiger partial charge in [-0.05, 0) is 42.6 Å². The van der Waals surface area contributed by atoms with Gasteiger partial charge in [-0.3, -0.25) is 4.57 Å². The Morgan fingerprint density at radius 1 is 1.15 bits per heavy atom. The van der Waals surface area contributed by atoms with Crippen molar-refractivity contribution in [3.05, 3.63) is 39.9 Å². The number of hydrogen-bond donors (Lipinski definition) is 0. The largest absolute Gasteiger partial charge is 0.416 e. The Labute approximate surface area is 122 Å². The molecule has 0 amide bonds. The summed E-state index contributed by atoms with van der Waals surface area (Å²) in [6.07, 6.45) is -2.50. The van der Waals surface area contributed by atoms with Gasteiger partial charge in [-0.15, -0.1) is 10.2 Å². The van der Waals surface area contributed by atoms with E-state index in [4.69, 9.17) is 23.2 Å². The molecular weight excluding hydrogens is 314 g/mol. The van der Waals surface area contributed by atoms with E-state index in [1.807, 2.05) is 0 Å². The third kappa shape index (κ3) is 2.38. The SMILES string of the molecule is FC(F)(F)c1ccc(-n2c(Cl)nnc2C2CC2)c(Cl)c1. The quantitative estimate of drug-likeness (QED) is 0.817. The molecular formula is C12H8Cl2F3N3. The van der Waals surface area contributed by atoms with Crippen LogP contribution in [0.25, 0.3) is 5.69 Å². The molecule has 0 atom stereocenters. The molecule has 0 unspecified atom stereocenters. The number of aromatic nitrogens is 3. The summed E-state index contributed by atoms with van der Waals surface area (Å²) in [7, 11) is 0. The van der Waals surface area contributed by atoms with Crippen molar-refractivity contribution in [2.75, 3.05) is 0 Å². The van der Waals surface area contributed by atoms with Gasteiger partial charge >= 0.3 is 6.18 Å². The maximum absolute atomic E-state index is 12.6. The van der Waals surface area contributed by atoms with Crippen molar-refractivity contribution in [2.45, 2.75) is 24.9 Å². The fraction of sp³-hybridized carbons (Fsp3) is 0.333. The van der Waals surface area contributed by atoms with Crippen molar-refractivity contribution in [1.29, 1.82) is 0 Å². The monoisotopic (exact) mass is 321 g/mol. The molecule has 1 aliphatic carbocycles. The van der Waals surface area contributed by atoms with Crippen LogP contribution in [0.1, 0.15) is 30.1 Å². The Kier molecular flexibility index (Phi) is 3.17. The zero-order chi connectivity index (χ0) is 14.5. The van der Waals surface area contributed by atoms with Crippen LogP contribution in [0.4, 0.5) is 13.2 Å². The molecule has 1 heterocycles. The van der Waals surface area contributed by atoms with Gasteiger partial charge in [0.15, 0.2) is 0 Å². The first kappa shape index (κ1) is 13.7. The second-order valence-corrected chi connectivity index (χ2v) is 5.35. The van der Waals surface area contributed by atoms with Crippen LogP contribution in [0.5, 0.6) is 0 Å². The van der Waals surface area contributed by atoms with Gasteiger partial charge < -0.3 is 0 Å². The van der Waals surface area contributed by atoms with E-state index in [1.54, 1.807) is 0 Å². The molecule has 0 aliphatic heterocycles. The van der Waals surface area contributed by atoms with E-state index in [1.165, 1.54) is 10.6 Å².